The molecule has 0 aromatic carbocycles. The summed E-state index contributed by atoms with van der Waals surface area (Å²) in [6.45, 7) is 7.27. The molecule has 0 bridgehead atoms. The molecular weight excluding hydrogens is 166 g/mol. The van der Waals surface area contributed by atoms with Gasteiger partial charge in [-0.15, -0.1) is 0 Å². The standard InChI is InChI=1S/C10H23NO2/c1-4-9(6-12)11-7-10(3,5-2)8-13/h9,11-13H,4-8H2,1-3H3. The smallest absolute Gasteiger partial charge is 0.0584 e. The van der Waals surface area contributed by atoms with Crippen LogP contribution in [0.25, 0.3) is 0 Å². The normalized spacial score (nSPS) is 18.2. The molecule has 0 amide bonds. The third-order valence-corrected chi connectivity index (χ3v) is 2.77. The average molecular weight is 189 g/mol. The molecule has 0 aliphatic rings. The fourth-order valence-electron chi connectivity index (χ4n) is 1.02. The van der Waals surface area contributed by atoms with Crippen LogP contribution >= 0.6 is 0 Å². The van der Waals surface area contributed by atoms with E-state index in [1.165, 1.54) is 0 Å². The molecule has 0 aromatic rings. The van der Waals surface area contributed by atoms with Crippen LogP contribution in [0.2, 0.25) is 0 Å². The lowest BCUT2D eigenvalue weighted by molar-refractivity contribution is 0.125. The molecule has 0 heterocycles. The summed E-state index contributed by atoms with van der Waals surface area (Å²) < 4.78 is 0. The fourth-order valence-corrected chi connectivity index (χ4v) is 1.02. The monoisotopic (exact) mass is 189 g/mol. The van der Waals surface area contributed by atoms with Gasteiger partial charge in [0.05, 0.1) is 6.61 Å². The summed E-state index contributed by atoms with van der Waals surface area (Å²) in [6.07, 6.45) is 1.86. The van der Waals surface area contributed by atoms with E-state index in [2.05, 4.69) is 12.2 Å². The van der Waals surface area contributed by atoms with Crippen LogP contribution in [0.4, 0.5) is 0 Å². The Balaban J connectivity index is 3.83. The highest BCUT2D eigenvalue weighted by Crippen LogP contribution is 2.18. The molecule has 0 aromatic heterocycles. The van der Waals surface area contributed by atoms with E-state index in [9.17, 15) is 0 Å². The zero-order chi connectivity index (χ0) is 10.3. The maximum absolute atomic E-state index is 9.14. The van der Waals surface area contributed by atoms with Crippen molar-refractivity contribution in [2.75, 3.05) is 19.8 Å². The largest absolute Gasteiger partial charge is 0.396 e. The Bertz CT molecular complexity index is 120. The summed E-state index contributed by atoms with van der Waals surface area (Å²) in [5.41, 5.74) is -0.0530. The Kier molecular flexibility index (Phi) is 6.29. The van der Waals surface area contributed by atoms with Gasteiger partial charge < -0.3 is 15.5 Å². The van der Waals surface area contributed by atoms with E-state index >= 15 is 0 Å². The van der Waals surface area contributed by atoms with Crippen LogP contribution in [-0.2, 0) is 0 Å². The van der Waals surface area contributed by atoms with E-state index in [1.54, 1.807) is 0 Å². The molecule has 0 aliphatic carbocycles. The van der Waals surface area contributed by atoms with Gasteiger partial charge in [0.2, 0.25) is 0 Å². The first-order valence-corrected chi connectivity index (χ1v) is 5.07. The molecule has 13 heavy (non-hydrogen) atoms. The second-order valence-corrected chi connectivity index (χ2v) is 3.99. The summed E-state index contributed by atoms with van der Waals surface area (Å²) in [6, 6.07) is 0.164. The molecule has 80 valence electrons. The van der Waals surface area contributed by atoms with Gasteiger partial charge in [0.25, 0.3) is 0 Å². The second kappa shape index (κ2) is 6.35. The molecule has 0 saturated heterocycles. The summed E-state index contributed by atoms with van der Waals surface area (Å²) in [7, 11) is 0. The first kappa shape index (κ1) is 12.9. The predicted octanol–water partition coefficient (Wildman–Crippen LogP) is 0.755. The number of hydrogen-bond acceptors (Lipinski definition) is 3. The summed E-state index contributed by atoms with van der Waals surface area (Å²) >= 11 is 0. The average Bonchev–Trinajstić information content (AvgIpc) is 2.19. The topological polar surface area (TPSA) is 52.5 Å². The third kappa shape index (κ3) is 4.60. The van der Waals surface area contributed by atoms with Crippen molar-refractivity contribution >= 4 is 0 Å². The van der Waals surface area contributed by atoms with Crippen LogP contribution in [0.3, 0.4) is 0 Å². The molecule has 0 saturated carbocycles. The predicted molar refractivity (Wildman–Crippen MR) is 54.7 cm³/mol. The van der Waals surface area contributed by atoms with Crippen LogP contribution in [0, 0.1) is 5.41 Å². The molecule has 0 rings (SSSR count). The van der Waals surface area contributed by atoms with Gasteiger partial charge in [0.15, 0.2) is 0 Å². The fraction of sp³-hybridized carbons (Fsp3) is 1.00. The second-order valence-electron chi connectivity index (χ2n) is 3.99. The highest BCUT2D eigenvalue weighted by atomic mass is 16.3. The minimum absolute atomic E-state index is 0.0530. The number of rotatable bonds is 7. The SMILES string of the molecule is CCC(CO)NCC(C)(CC)CO. The van der Waals surface area contributed by atoms with E-state index in [4.69, 9.17) is 10.2 Å². The van der Waals surface area contributed by atoms with Crippen LogP contribution in [-0.4, -0.2) is 36.0 Å². The molecule has 3 N–H and O–H groups in total. The van der Waals surface area contributed by atoms with Gasteiger partial charge in [-0.1, -0.05) is 20.8 Å². The van der Waals surface area contributed by atoms with E-state index in [1.807, 2.05) is 13.8 Å². The molecule has 3 nitrogen and oxygen atoms in total. The van der Waals surface area contributed by atoms with Crippen LogP contribution in [0.1, 0.15) is 33.6 Å². The van der Waals surface area contributed by atoms with Crippen molar-refractivity contribution in [1.29, 1.82) is 0 Å². The van der Waals surface area contributed by atoms with Gasteiger partial charge in [-0.05, 0) is 12.8 Å². The van der Waals surface area contributed by atoms with Crippen LogP contribution in [0.15, 0.2) is 0 Å². The Morgan fingerprint density at radius 1 is 1.31 bits per heavy atom. The van der Waals surface area contributed by atoms with E-state index in [0.29, 0.717) is 0 Å². The van der Waals surface area contributed by atoms with Crippen molar-refractivity contribution in [2.24, 2.45) is 5.41 Å². The van der Waals surface area contributed by atoms with Crippen molar-refractivity contribution in [3.05, 3.63) is 0 Å². The molecule has 3 heteroatoms. The molecule has 0 radical (unpaired) electrons. The highest BCUT2D eigenvalue weighted by molar-refractivity contribution is 4.76. The number of nitrogens with one attached hydrogen (secondary N) is 1. The van der Waals surface area contributed by atoms with Gasteiger partial charge in [-0.25, -0.2) is 0 Å². The summed E-state index contributed by atoms with van der Waals surface area (Å²) in [5.74, 6) is 0. The van der Waals surface area contributed by atoms with E-state index < -0.39 is 0 Å². The quantitative estimate of drug-likeness (QED) is 0.554. The number of aliphatic hydroxyl groups is 2. The number of hydrogen-bond donors (Lipinski definition) is 3. The van der Waals surface area contributed by atoms with E-state index in [-0.39, 0.29) is 24.7 Å². The molecule has 0 aliphatic heterocycles. The Labute approximate surface area is 81.2 Å². The van der Waals surface area contributed by atoms with Crippen molar-refractivity contribution in [3.8, 4) is 0 Å². The maximum Gasteiger partial charge on any atom is 0.0584 e. The Morgan fingerprint density at radius 3 is 2.23 bits per heavy atom. The third-order valence-electron chi connectivity index (χ3n) is 2.77. The van der Waals surface area contributed by atoms with Gasteiger partial charge >= 0.3 is 0 Å². The first-order valence-electron chi connectivity index (χ1n) is 5.07. The van der Waals surface area contributed by atoms with Gasteiger partial charge in [-0.3, -0.25) is 0 Å². The lowest BCUT2D eigenvalue weighted by Crippen LogP contribution is -2.41. The molecular formula is C10H23NO2. The van der Waals surface area contributed by atoms with Crippen LogP contribution in [0.5, 0.6) is 0 Å². The molecule has 0 spiro atoms. The van der Waals surface area contributed by atoms with E-state index in [0.717, 1.165) is 19.4 Å². The van der Waals surface area contributed by atoms with Crippen molar-refractivity contribution < 1.29 is 10.2 Å². The molecule has 0 fully saturated rings. The zero-order valence-electron chi connectivity index (χ0n) is 9.01. The lowest BCUT2D eigenvalue weighted by Gasteiger charge is -2.28. The Morgan fingerprint density at radius 2 is 1.92 bits per heavy atom. The van der Waals surface area contributed by atoms with Crippen molar-refractivity contribution in [3.63, 3.8) is 0 Å². The van der Waals surface area contributed by atoms with Gasteiger partial charge in [0, 0.05) is 24.6 Å². The zero-order valence-corrected chi connectivity index (χ0v) is 9.01. The van der Waals surface area contributed by atoms with Gasteiger partial charge in [0.1, 0.15) is 0 Å². The Hall–Kier alpha value is -0.120. The molecule has 2 atom stereocenters. The molecule has 2 unspecified atom stereocenters. The van der Waals surface area contributed by atoms with Crippen LogP contribution < -0.4 is 5.32 Å². The van der Waals surface area contributed by atoms with Crippen molar-refractivity contribution in [2.45, 2.75) is 39.7 Å². The summed E-state index contributed by atoms with van der Waals surface area (Å²) in [4.78, 5) is 0. The highest BCUT2D eigenvalue weighted by Gasteiger charge is 2.21. The maximum atomic E-state index is 9.14. The minimum Gasteiger partial charge on any atom is -0.396 e. The van der Waals surface area contributed by atoms with Crippen molar-refractivity contribution in [1.82, 2.24) is 5.32 Å². The summed E-state index contributed by atoms with van der Waals surface area (Å²) in [5, 5.41) is 21.3. The minimum atomic E-state index is -0.0530. The lowest BCUT2D eigenvalue weighted by atomic mass is 9.88. The van der Waals surface area contributed by atoms with Gasteiger partial charge in [-0.2, -0.15) is 0 Å². The number of aliphatic hydroxyl groups excluding tert-OH is 2. The first-order chi connectivity index (χ1) is 6.11.